The molecule has 0 fully saturated rings. The van der Waals surface area contributed by atoms with E-state index in [-0.39, 0.29) is 68.6 Å². The van der Waals surface area contributed by atoms with Gasteiger partial charge in [-0.1, -0.05) is 246 Å². The predicted molar refractivity (Wildman–Crippen MR) is 525 cm³/mol. The van der Waals surface area contributed by atoms with Crippen molar-refractivity contribution in [2.45, 2.75) is 210 Å². The largest absolute Gasteiger partial charge is 0.491 e. The lowest BCUT2D eigenvalue weighted by atomic mass is 9.90. The number of hydrogen-bond donors (Lipinski definition) is 1. The first-order valence-corrected chi connectivity index (χ1v) is 46.5. The number of halogens is 19. The number of aromatic hydroxyl groups is 1. The van der Waals surface area contributed by atoms with E-state index in [1.807, 2.05) is 150 Å². The lowest BCUT2D eigenvalue weighted by Gasteiger charge is -2.14. The zero-order valence-electron chi connectivity index (χ0n) is 78.7. The van der Waals surface area contributed by atoms with E-state index in [4.69, 9.17) is 92.8 Å². The van der Waals surface area contributed by atoms with Crippen molar-refractivity contribution in [3.63, 3.8) is 0 Å². The molecule has 42 heteroatoms. The molecule has 0 bridgehead atoms. The van der Waals surface area contributed by atoms with Crippen LogP contribution in [0.25, 0.3) is 39.8 Å². The van der Waals surface area contributed by atoms with Gasteiger partial charge in [-0.25, -0.2) is 59.1 Å². The van der Waals surface area contributed by atoms with E-state index in [1.54, 1.807) is 91.8 Å². The molecule has 738 valence electrons. The van der Waals surface area contributed by atoms with E-state index in [9.17, 15) is 53.4 Å². The fourth-order valence-electron chi connectivity index (χ4n) is 14.0. The Hall–Kier alpha value is -11.5. The van der Waals surface area contributed by atoms with Crippen LogP contribution in [-0.4, -0.2) is 129 Å². The average molecular weight is 2080 g/mol. The zero-order valence-corrected chi connectivity index (χ0v) is 84.8. The van der Waals surface area contributed by atoms with E-state index >= 15 is 0 Å². The van der Waals surface area contributed by atoms with Crippen molar-refractivity contribution in [1.29, 1.82) is 0 Å². The molecule has 139 heavy (non-hydrogen) atoms. The second-order valence-corrected chi connectivity index (χ2v) is 37.4. The third-order valence-electron chi connectivity index (χ3n) is 20.8. The Labute approximate surface area is 837 Å². The molecular weight excluding hydrogens is 1980 g/mol. The van der Waals surface area contributed by atoms with Crippen LogP contribution in [0.15, 0.2) is 188 Å². The van der Waals surface area contributed by atoms with E-state index in [1.165, 1.54) is 62.8 Å². The maximum absolute atomic E-state index is 14.0. The summed E-state index contributed by atoms with van der Waals surface area (Å²) in [7, 11) is 0. The van der Waals surface area contributed by atoms with Crippen LogP contribution in [0, 0.1) is 25.5 Å². The van der Waals surface area contributed by atoms with Crippen molar-refractivity contribution >= 4 is 105 Å². The van der Waals surface area contributed by atoms with Crippen LogP contribution >= 0.6 is 92.8 Å². The van der Waals surface area contributed by atoms with Gasteiger partial charge in [-0.05, 0) is 237 Å². The molecule has 0 saturated heterocycles. The number of hydrogen-bond acceptors (Lipinski definition) is 15. The summed E-state index contributed by atoms with van der Waals surface area (Å²) in [6.07, 6.45) is 7.16. The monoisotopic (exact) mass is 2080 g/mol. The number of nitrogens with zero attached hydrogens (tertiary/aromatic N) is 22. The molecule has 7 aromatic heterocycles. The maximum Gasteiger partial charge on any atom is 0.474 e. The highest BCUT2D eigenvalue weighted by Crippen LogP contribution is 2.38. The number of aryl methyl sites for hydroxylation is 2. The normalized spacial score (nSPS) is 12.3. The van der Waals surface area contributed by atoms with Crippen molar-refractivity contribution in [2.24, 2.45) is 5.10 Å². The van der Waals surface area contributed by atoms with Crippen LogP contribution in [0.4, 0.5) is 48.3 Å². The van der Waals surface area contributed by atoms with Crippen LogP contribution < -0.4 is 0 Å². The Morgan fingerprint density at radius 2 is 0.683 bits per heavy atom. The summed E-state index contributed by atoms with van der Waals surface area (Å²) < 4.78 is 152. The van der Waals surface area contributed by atoms with Gasteiger partial charge in [0.15, 0.2) is 6.21 Å². The summed E-state index contributed by atoms with van der Waals surface area (Å²) >= 11 is 47.3. The number of hydrazone groups is 1. The number of alkyl halides is 9. The van der Waals surface area contributed by atoms with Gasteiger partial charge in [-0.2, -0.15) is 18.3 Å². The standard InChI is InChI=1S/C13H12ClF3N2.C13H14ClF2N2.2C12H12ClF2N3.2C12H13ClFN3.C12H14ClN3.C11H12ClN3O/c1-8(2)11-5-10(14)3-4-12(11)19-7-9(6-18-19)13(15,16)17;1-8(2)12-5-10(14)3-4-11(12)9-6-17-18(7-9)13(15)16;1-7(2)11-10(4-3-9(13)12(11)15)18-6-8(5-14)16-17-18;1-7(2)9-5-8(13)3-4-11(9)18-6-10(12(14)15)16-17-18;1-7(2)11-10(5-4-9(13)12(11)14)17-6-8(3)15-16-17;1-8(2)11-5-9(13)3-4-12(11)17-7-10(6-14)15-16-17;1-8(2)11-6-10(13)4-5-12(11)16-7-9(3)14-15-16;1-7(2)9-5-8(12)3-4-10(9)15-6-11(16)13-14-15/h3-8H,1-2H3;3-9,13H,1-2H3;3-4,6-7H,5H2,1-2H3;3-7,12H,1-2H3;4-7H,1-3H3;3-5,7-8H,6H2,1-2H3;4-8H,1-3H3;3-7,16H,1-2H3/q;+1;;;;;;. The number of aromatic nitrogens is 20. The van der Waals surface area contributed by atoms with Crippen molar-refractivity contribution in [2.75, 3.05) is 0 Å². The van der Waals surface area contributed by atoms with Crippen molar-refractivity contribution < 1.29 is 58.1 Å². The summed E-state index contributed by atoms with van der Waals surface area (Å²) in [4.78, 5) is 0. The summed E-state index contributed by atoms with van der Waals surface area (Å²) in [5.41, 5.74) is 14.6. The van der Waals surface area contributed by atoms with Gasteiger partial charge in [0.1, 0.15) is 48.0 Å². The van der Waals surface area contributed by atoms with Crippen LogP contribution in [-0.2, 0) is 19.5 Å². The number of benzene rings is 8. The molecule has 1 aliphatic rings. The molecule has 0 radical (unpaired) electrons. The van der Waals surface area contributed by atoms with Crippen molar-refractivity contribution in [3.8, 4) is 45.7 Å². The van der Waals surface area contributed by atoms with E-state index in [0.717, 1.165) is 79.2 Å². The van der Waals surface area contributed by atoms with Gasteiger partial charge in [0, 0.05) is 47.5 Å². The second kappa shape index (κ2) is 50.6. The van der Waals surface area contributed by atoms with E-state index < -0.39 is 43.9 Å². The molecule has 16 rings (SSSR count). The molecule has 0 spiro atoms. The Morgan fingerprint density at radius 3 is 0.986 bits per heavy atom. The molecule has 1 aliphatic heterocycles. The Bertz CT molecular complexity index is 6560. The van der Waals surface area contributed by atoms with Crippen molar-refractivity contribution in [1.82, 2.24) is 99.7 Å². The fourth-order valence-corrected chi connectivity index (χ4v) is 15.4. The Morgan fingerprint density at radius 1 is 0.367 bits per heavy atom. The highest BCUT2D eigenvalue weighted by Gasteiger charge is 2.34. The molecule has 1 unspecified atom stereocenters. The highest BCUT2D eigenvalue weighted by molar-refractivity contribution is 6.33. The summed E-state index contributed by atoms with van der Waals surface area (Å²) in [5, 5.41) is 66.4. The molecule has 0 saturated carbocycles. The van der Waals surface area contributed by atoms with Gasteiger partial charge in [-0.15, -0.1) is 34.3 Å². The third kappa shape index (κ3) is 30.3. The van der Waals surface area contributed by atoms with Gasteiger partial charge < -0.3 is 5.11 Å². The molecule has 8 aromatic carbocycles. The summed E-state index contributed by atoms with van der Waals surface area (Å²) in [6, 6.07) is 39.2. The molecule has 0 aliphatic carbocycles. The van der Waals surface area contributed by atoms with Gasteiger partial charge in [-0.3, -0.25) is 0 Å². The SMILES string of the molecule is CC(C)c1c(-n2cc(CF)nn2)ccc(Cl)c1F.CC(C)c1cc(Cl)ccc1-n1cc(C(F)(F)F)cn1.CC(C)c1cc(Cl)ccc1-n1cc(C(F)F)nn1.CC(C)c1cc(Cl)ccc1-n1cc(CF)nn1.CC(C)c1cc(Cl)ccc1-n1cc(O)nn1.CC(C)c1cc(Cl)ccc1C1C=N[N+](C(F)F)=C1.Cc1cn(-c2ccc(Cl)c(F)c2C(C)C)nn1.Cc1cn(-c2ccc(Cl)cc2C(C)C)nn1. The van der Waals surface area contributed by atoms with Gasteiger partial charge in [0.2, 0.25) is 0 Å². The Kier molecular flexibility index (Phi) is 40.4. The minimum absolute atomic E-state index is 0.0215. The summed E-state index contributed by atoms with van der Waals surface area (Å²) in [6.45, 7) is 32.0. The maximum atomic E-state index is 14.0. The lowest BCUT2D eigenvalue weighted by molar-refractivity contribution is -0.622. The first-order chi connectivity index (χ1) is 65.6. The minimum Gasteiger partial charge on any atom is -0.491 e. The van der Waals surface area contributed by atoms with Gasteiger partial charge in [0.05, 0.1) is 116 Å². The molecule has 1 N–H and O–H groups in total. The minimum atomic E-state index is -4.39. The fraction of sp³-hybridized carbons (Fsp3) is 0.330. The number of rotatable bonds is 20. The molecule has 0 amide bonds. The molecule has 1 atom stereocenters. The van der Waals surface area contributed by atoms with E-state index in [2.05, 4.69) is 114 Å². The highest BCUT2D eigenvalue weighted by atomic mass is 35.5. The topological polar surface area (TPSA) is 238 Å². The quantitative estimate of drug-likeness (QED) is 0.0424. The average Bonchev–Trinajstić information content (AvgIpc) is 1.78. The van der Waals surface area contributed by atoms with Crippen molar-refractivity contribution in [3.05, 3.63) is 319 Å². The van der Waals surface area contributed by atoms with Crippen LogP contribution in [0.3, 0.4) is 0 Å². The smallest absolute Gasteiger partial charge is 0.474 e. The summed E-state index contributed by atoms with van der Waals surface area (Å²) in [5.74, 6) is 0.434. The predicted octanol–water partition coefficient (Wildman–Crippen LogP) is 29.3. The molecule has 15 aromatic rings. The van der Waals surface area contributed by atoms with E-state index in [0.29, 0.717) is 87.1 Å². The van der Waals surface area contributed by atoms with Gasteiger partial charge >= 0.3 is 12.7 Å². The van der Waals surface area contributed by atoms with Crippen LogP contribution in [0.5, 0.6) is 5.88 Å². The molecular formula is C97H102Cl8F11N22O+. The first kappa shape index (κ1) is 111. The molecule has 8 heterocycles. The first-order valence-electron chi connectivity index (χ1n) is 43.4. The van der Waals surface area contributed by atoms with Gasteiger partial charge in [0.25, 0.3) is 12.3 Å². The van der Waals surface area contributed by atoms with Crippen LogP contribution in [0.1, 0.15) is 255 Å². The molecule has 23 nitrogen and oxygen atoms in total. The Balaban J connectivity index is 0.000000178. The van der Waals surface area contributed by atoms with Crippen LogP contribution in [0.2, 0.25) is 40.2 Å². The third-order valence-corrected chi connectivity index (χ3v) is 22.8. The lowest BCUT2D eigenvalue weighted by Crippen LogP contribution is -2.12. The second-order valence-electron chi connectivity index (χ2n) is 34.0. The zero-order chi connectivity index (χ0) is 102.